The van der Waals surface area contributed by atoms with Crippen molar-refractivity contribution in [2.45, 2.75) is 25.5 Å². The number of hydrogen-bond acceptors (Lipinski definition) is 3. The van der Waals surface area contributed by atoms with E-state index in [4.69, 9.17) is 0 Å². The van der Waals surface area contributed by atoms with Crippen LogP contribution < -0.4 is 0 Å². The monoisotopic (exact) mass is 293 g/mol. The Labute approximate surface area is 121 Å². The Bertz CT molecular complexity index is 629. The normalized spacial score (nSPS) is 19.9. The second-order valence-corrected chi connectivity index (χ2v) is 5.38. The van der Waals surface area contributed by atoms with Crippen LogP contribution in [-0.2, 0) is 6.54 Å². The average Bonchev–Trinajstić information content (AvgIpc) is 2.87. The SMILES string of the molecule is O[C@@H]1CCCN(Cc2ccn(-c3ccc(F)cc3F)n2)C1. The van der Waals surface area contributed by atoms with Gasteiger partial charge in [-0.25, -0.2) is 13.5 Å². The molecule has 21 heavy (non-hydrogen) atoms. The number of β-amino-alcohol motifs (C(OH)–C–C–N with tert-alkyl or cyclic N) is 1. The Hall–Kier alpha value is -1.79. The molecule has 0 unspecified atom stereocenters. The van der Waals surface area contributed by atoms with Crippen LogP contribution in [0.3, 0.4) is 0 Å². The predicted molar refractivity (Wildman–Crippen MR) is 74.0 cm³/mol. The first-order chi connectivity index (χ1) is 10.1. The van der Waals surface area contributed by atoms with E-state index in [2.05, 4.69) is 10.00 Å². The van der Waals surface area contributed by atoms with E-state index in [1.807, 2.05) is 6.07 Å². The number of piperidine rings is 1. The predicted octanol–water partition coefficient (Wildman–Crippen LogP) is 2.11. The number of halogens is 2. The summed E-state index contributed by atoms with van der Waals surface area (Å²) in [6.07, 6.45) is 3.18. The highest BCUT2D eigenvalue weighted by atomic mass is 19.1. The van der Waals surface area contributed by atoms with Crippen molar-refractivity contribution in [1.29, 1.82) is 0 Å². The molecule has 1 N–H and O–H groups in total. The molecule has 0 spiro atoms. The van der Waals surface area contributed by atoms with Crippen LogP contribution in [0.1, 0.15) is 18.5 Å². The van der Waals surface area contributed by atoms with Gasteiger partial charge in [0, 0.05) is 25.4 Å². The summed E-state index contributed by atoms with van der Waals surface area (Å²) in [5, 5.41) is 14.0. The minimum absolute atomic E-state index is 0.223. The third-order valence-electron chi connectivity index (χ3n) is 3.67. The first-order valence-corrected chi connectivity index (χ1v) is 7.02. The van der Waals surface area contributed by atoms with E-state index in [1.165, 1.54) is 16.8 Å². The number of aliphatic hydroxyl groups excluding tert-OH is 1. The maximum absolute atomic E-state index is 13.7. The Balaban J connectivity index is 1.74. The number of benzene rings is 1. The van der Waals surface area contributed by atoms with Gasteiger partial charge in [0.25, 0.3) is 0 Å². The molecule has 1 aliphatic rings. The summed E-state index contributed by atoms with van der Waals surface area (Å²) < 4.78 is 28.0. The lowest BCUT2D eigenvalue weighted by molar-refractivity contribution is 0.0661. The lowest BCUT2D eigenvalue weighted by atomic mass is 10.1. The average molecular weight is 293 g/mol. The number of aromatic nitrogens is 2. The summed E-state index contributed by atoms with van der Waals surface area (Å²) >= 11 is 0. The summed E-state index contributed by atoms with van der Waals surface area (Å²) in [7, 11) is 0. The molecule has 112 valence electrons. The zero-order valence-corrected chi connectivity index (χ0v) is 11.5. The Morgan fingerprint density at radius 2 is 2.14 bits per heavy atom. The van der Waals surface area contributed by atoms with Crippen molar-refractivity contribution in [1.82, 2.24) is 14.7 Å². The van der Waals surface area contributed by atoms with Gasteiger partial charge in [0.1, 0.15) is 11.5 Å². The van der Waals surface area contributed by atoms with Crippen LogP contribution in [0.15, 0.2) is 30.5 Å². The number of rotatable bonds is 3. The quantitative estimate of drug-likeness (QED) is 0.942. The highest BCUT2D eigenvalue weighted by Gasteiger charge is 2.18. The molecule has 0 bridgehead atoms. The summed E-state index contributed by atoms with van der Waals surface area (Å²) in [5.41, 5.74) is 1.02. The van der Waals surface area contributed by atoms with Gasteiger partial charge in [0.15, 0.2) is 5.82 Å². The van der Waals surface area contributed by atoms with Crippen molar-refractivity contribution in [3.63, 3.8) is 0 Å². The minimum atomic E-state index is -0.641. The van der Waals surface area contributed by atoms with E-state index < -0.39 is 11.6 Å². The Morgan fingerprint density at radius 3 is 2.90 bits per heavy atom. The molecule has 0 radical (unpaired) electrons. The van der Waals surface area contributed by atoms with Crippen molar-refractivity contribution in [3.05, 3.63) is 47.8 Å². The van der Waals surface area contributed by atoms with E-state index in [9.17, 15) is 13.9 Å². The zero-order valence-electron chi connectivity index (χ0n) is 11.5. The highest BCUT2D eigenvalue weighted by molar-refractivity contribution is 5.33. The van der Waals surface area contributed by atoms with Gasteiger partial charge in [0.05, 0.1) is 11.8 Å². The van der Waals surface area contributed by atoms with Crippen molar-refractivity contribution >= 4 is 0 Å². The van der Waals surface area contributed by atoms with Gasteiger partial charge < -0.3 is 5.11 Å². The molecule has 6 heteroatoms. The molecule has 1 saturated heterocycles. The third kappa shape index (κ3) is 3.28. The number of likely N-dealkylation sites (tertiary alicyclic amines) is 1. The van der Waals surface area contributed by atoms with Gasteiger partial charge in [-0.3, -0.25) is 4.90 Å². The molecule has 3 rings (SSSR count). The van der Waals surface area contributed by atoms with Crippen LogP contribution in [0, 0.1) is 11.6 Å². The number of hydrogen-bond donors (Lipinski definition) is 1. The minimum Gasteiger partial charge on any atom is -0.392 e. The molecule has 1 aromatic heterocycles. The molecule has 0 amide bonds. The molecule has 0 aliphatic carbocycles. The van der Waals surface area contributed by atoms with Gasteiger partial charge in [-0.2, -0.15) is 5.10 Å². The molecule has 2 heterocycles. The molecule has 2 aromatic rings. The van der Waals surface area contributed by atoms with E-state index >= 15 is 0 Å². The van der Waals surface area contributed by atoms with Gasteiger partial charge in [-0.1, -0.05) is 0 Å². The summed E-state index contributed by atoms with van der Waals surface area (Å²) in [5.74, 6) is -1.25. The number of aliphatic hydroxyl groups is 1. The fourth-order valence-corrected chi connectivity index (χ4v) is 2.65. The van der Waals surface area contributed by atoms with E-state index in [-0.39, 0.29) is 11.8 Å². The van der Waals surface area contributed by atoms with Gasteiger partial charge in [0.2, 0.25) is 0 Å². The van der Waals surface area contributed by atoms with Crippen molar-refractivity contribution in [2.75, 3.05) is 13.1 Å². The number of nitrogens with zero attached hydrogens (tertiary/aromatic N) is 3. The first kappa shape index (κ1) is 14.2. The standard InChI is InChI=1S/C15H17F2N3O/c16-11-3-4-15(14(17)8-11)20-7-5-12(18-20)9-19-6-1-2-13(21)10-19/h3-5,7-8,13,21H,1-2,6,9-10H2/t13-/m1/s1. The largest absolute Gasteiger partial charge is 0.392 e. The van der Waals surface area contributed by atoms with Crippen LogP contribution >= 0.6 is 0 Å². The summed E-state index contributed by atoms with van der Waals surface area (Å²) in [4.78, 5) is 2.13. The molecule has 0 saturated carbocycles. The highest BCUT2D eigenvalue weighted by Crippen LogP contribution is 2.16. The smallest absolute Gasteiger partial charge is 0.151 e. The van der Waals surface area contributed by atoms with Gasteiger partial charge >= 0.3 is 0 Å². The molecule has 1 aliphatic heterocycles. The van der Waals surface area contributed by atoms with Gasteiger partial charge in [-0.15, -0.1) is 0 Å². The van der Waals surface area contributed by atoms with E-state index in [0.29, 0.717) is 13.1 Å². The maximum atomic E-state index is 13.7. The second-order valence-electron chi connectivity index (χ2n) is 5.38. The van der Waals surface area contributed by atoms with E-state index in [0.717, 1.165) is 31.1 Å². The van der Waals surface area contributed by atoms with Crippen LogP contribution in [0.25, 0.3) is 5.69 Å². The fourth-order valence-electron chi connectivity index (χ4n) is 2.65. The fraction of sp³-hybridized carbons (Fsp3) is 0.400. The van der Waals surface area contributed by atoms with Crippen LogP contribution in [0.5, 0.6) is 0 Å². The topological polar surface area (TPSA) is 41.3 Å². The lowest BCUT2D eigenvalue weighted by Crippen LogP contribution is -2.37. The molecular formula is C15H17F2N3O. The Kier molecular flexibility index (Phi) is 3.98. The summed E-state index contributed by atoms with van der Waals surface area (Å²) in [6.45, 7) is 2.18. The molecular weight excluding hydrogens is 276 g/mol. The molecule has 1 aromatic carbocycles. The van der Waals surface area contributed by atoms with Crippen molar-refractivity contribution < 1.29 is 13.9 Å². The van der Waals surface area contributed by atoms with Gasteiger partial charge in [-0.05, 0) is 37.6 Å². The van der Waals surface area contributed by atoms with Crippen molar-refractivity contribution in [2.24, 2.45) is 0 Å². The van der Waals surface area contributed by atoms with Crippen LogP contribution in [-0.4, -0.2) is 39.0 Å². The third-order valence-corrected chi connectivity index (χ3v) is 3.67. The van der Waals surface area contributed by atoms with E-state index in [1.54, 1.807) is 6.20 Å². The zero-order chi connectivity index (χ0) is 14.8. The Morgan fingerprint density at radius 1 is 1.29 bits per heavy atom. The molecule has 1 fully saturated rings. The second kappa shape index (κ2) is 5.91. The summed E-state index contributed by atoms with van der Waals surface area (Å²) in [6, 6.07) is 5.23. The molecule has 1 atom stereocenters. The maximum Gasteiger partial charge on any atom is 0.151 e. The molecule has 4 nitrogen and oxygen atoms in total. The van der Waals surface area contributed by atoms with Crippen LogP contribution in [0.2, 0.25) is 0 Å². The lowest BCUT2D eigenvalue weighted by Gasteiger charge is -2.29. The van der Waals surface area contributed by atoms with Crippen LogP contribution in [0.4, 0.5) is 8.78 Å². The van der Waals surface area contributed by atoms with Crippen molar-refractivity contribution in [3.8, 4) is 5.69 Å². The first-order valence-electron chi connectivity index (χ1n) is 7.02.